The molecule has 0 unspecified atom stereocenters. The monoisotopic (exact) mass is 384 g/mol. The minimum Gasteiger partial charge on any atom is -0.492 e. The fraction of sp³-hybridized carbons (Fsp3) is 0.455. The van der Waals surface area contributed by atoms with Crippen molar-refractivity contribution in [2.75, 3.05) is 26.3 Å². The fourth-order valence-corrected chi connectivity index (χ4v) is 3.26. The lowest BCUT2D eigenvalue weighted by atomic mass is 10.1. The van der Waals surface area contributed by atoms with Gasteiger partial charge in [-0.3, -0.25) is 9.59 Å². The van der Waals surface area contributed by atoms with Crippen molar-refractivity contribution in [3.63, 3.8) is 0 Å². The molecule has 1 amide bonds. The third-order valence-corrected chi connectivity index (χ3v) is 4.89. The van der Waals surface area contributed by atoms with Crippen molar-refractivity contribution < 1.29 is 14.3 Å². The molecule has 1 fully saturated rings. The number of nitrogens with zero attached hydrogens (tertiary/aromatic N) is 1. The zero-order chi connectivity index (χ0) is 19.9. The maximum atomic E-state index is 13.1. The molecule has 1 N–H and O–H groups in total. The Bertz CT molecular complexity index is 826. The Kier molecular flexibility index (Phi) is 6.87. The Hall–Kier alpha value is -2.60. The summed E-state index contributed by atoms with van der Waals surface area (Å²) in [5.41, 5.74) is 0.624. The quantitative estimate of drug-likeness (QED) is 0.759. The van der Waals surface area contributed by atoms with Gasteiger partial charge in [0.1, 0.15) is 17.9 Å². The lowest BCUT2D eigenvalue weighted by Gasteiger charge is -2.25. The van der Waals surface area contributed by atoms with Crippen LogP contribution in [0.15, 0.2) is 47.3 Å². The van der Waals surface area contributed by atoms with Gasteiger partial charge in [-0.2, -0.15) is 0 Å². The highest BCUT2D eigenvalue weighted by Gasteiger charge is 2.25. The number of aromatic amines is 1. The second kappa shape index (κ2) is 9.55. The Morgan fingerprint density at radius 2 is 2.04 bits per heavy atom. The van der Waals surface area contributed by atoms with Crippen LogP contribution in [0.4, 0.5) is 0 Å². The number of hydrogen-bond acceptors (Lipinski definition) is 4. The Balaban J connectivity index is 1.71. The van der Waals surface area contributed by atoms with E-state index in [-0.39, 0.29) is 29.1 Å². The summed E-state index contributed by atoms with van der Waals surface area (Å²) >= 11 is 0. The molecular formula is C22H28N2O4. The predicted octanol–water partition coefficient (Wildman–Crippen LogP) is 3.20. The summed E-state index contributed by atoms with van der Waals surface area (Å²) in [5, 5.41) is 0. The number of carbonyl (C=O) groups is 1. The van der Waals surface area contributed by atoms with Gasteiger partial charge in [-0.05, 0) is 43.0 Å². The molecule has 2 heterocycles. The van der Waals surface area contributed by atoms with Gasteiger partial charge >= 0.3 is 0 Å². The van der Waals surface area contributed by atoms with Gasteiger partial charge in [0.15, 0.2) is 0 Å². The van der Waals surface area contributed by atoms with Crippen LogP contribution in [0.25, 0.3) is 0 Å². The van der Waals surface area contributed by atoms with Gasteiger partial charge in [-0.1, -0.05) is 32.0 Å². The second-order valence-electron chi connectivity index (χ2n) is 7.36. The van der Waals surface area contributed by atoms with E-state index in [1.165, 1.54) is 0 Å². The molecule has 1 atom stereocenters. The number of pyridine rings is 1. The van der Waals surface area contributed by atoms with Crippen molar-refractivity contribution >= 4 is 5.91 Å². The van der Waals surface area contributed by atoms with Crippen molar-refractivity contribution in [3.05, 3.63) is 64.1 Å². The van der Waals surface area contributed by atoms with Crippen molar-refractivity contribution in [1.29, 1.82) is 0 Å². The highest BCUT2D eigenvalue weighted by atomic mass is 16.5. The lowest BCUT2D eigenvalue weighted by Crippen LogP contribution is -2.42. The minimum atomic E-state index is -0.350. The van der Waals surface area contributed by atoms with Crippen LogP contribution in [0, 0.1) is 0 Å². The number of rotatable bonds is 8. The predicted molar refractivity (Wildman–Crippen MR) is 108 cm³/mol. The van der Waals surface area contributed by atoms with Crippen molar-refractivity contribution in [1.82, 2.24) is 9.88 Å². The highest BCUT2D eigenvalue weighted by Crippen LogP contribution is 2.16. The topological polar surface area (TPSA) is 71.6 Å². The molecule has 150 valence electrons. The van der Waals surface area contributed by atoms with Gasteiger partial charge in [0.2, 0.25) is 0 Å². The Morgan fingerprint density at radius 3 is 2.68 bits per heavy atom. The summed E-state index contributed by atoms with van der Waals surface area (Å²) in [6.45, 7) is 5.91. The average molecular weight is 384 g/mol. The second-order valence-corrected chi connectivity index (χ2v) is 7.36. The number of amides is 1. The first kappa shape index (κ1) is 20.1. The van der Waals surface area contributed by atoms with Gasteiger partial charge in [0, 0.05) is 18.8 Å². The SMILES string of the molecule is CC(C)c1ccc(C(=O)N(CCOc2ccccc2)C[C@H]2CCCO2)c(=O)[nH]1. The van der Waals surface area contributed by atoms with Crippen LogP contribution in [0.2, 0.25) is 0 Å². The van der Waals surface area contributed by atoms with Crippen LogP contribution in [0.1, 0.15) is 48.7 Å². The summed E-state index contributed by atoms with van der Waals surface area (Å²) in [5.74, 6) is 0.661. The zero-order valence-electron chi connectivity index (χ0n) is 16.5. The van der Waals surface area contributed by atoms with Crippen LogP contribution >= 0.6 is 0 Å². The van der Waals surface area contributed by atoms with Crippen molar-refractivity contribution in [2.24, 2.45) is 0 Å². The number of nitrogens with one attached hydrogen (secondary N) is 1. The number of aromatic nitrogens is 1. The summed E-state index contributed by atoms with van der Waals surface area (Å²) in [7, 11) is 0. The molecule has 0 bridgehead atoms. The van der Waals surface area contributed by atoms with Gasteiger partial charge in [0.25, 0.3) is 11.5 Å². The van der Waals surface area contributed by atoms with Gasteiger partial charge < -0.3 is 19.4 Å². The summed E-state index contributed by atoms with van der Waals surface area (Å²) in [4.78, 5) is 30.0. The molecule has 1 aromatic carbocycles. The number of benzene rings is 1. The molecule has 0 radical (unpaired) electrons. The zero-order valence-corrected chi connectivity index (χ0v) is 16.5. The van der Waals surface area contributed by atoms with Crippen LogP contribution in [-0.2, 0) is 4.74 Å². The van der Waals surface area contributed by atoms with E-state index in [0.29, 0.717) is 19.7 Å². The van der Waals surface area contributed by atoms with E-state index in [2.05, 4.69) is 4.98 Å². The number of para-hydroxylation sites is 1. The molecule has 3 rings (SSSR count). The Morgan fingerprint density at radius 1 is 1.25 bits per heavy atom. The normalized spacial score (nSPS) is 16.3. The number of H-pyrrole nitrogens is 1. The smallest absolute Gasteiger partial charge is 0.261 e. The highest BCUT2D eigenvalue weighted by molar-refractivity contribution is 5.93. The molecule has 0 spiro atoms. The van der Waals surface area contributed by atoms with Crippen LogP contribution in [-0.4, -0.2) is 48.2 Å². The van der Waals surface area contributed by atoms with E-state index in [4.69, 9.17) is 9.47 Å². The van der Waals surface area contributed by atoms with E-state index in [9.17, 15) is 9.59 Å². The van der Waals surface area contributed by atoms with Crippen molar-refractivity contribution in [3.8, 4) is 5.75 Å². The molecule has 1 aliphatic heterocycles. The fourth-order valence-electron chi connectivity index (χ4n) is 3.26. The molecule has 1 aliphatic rings. The van der Waals surface area contributed by atoms with E-state index < -0.39 is 0 Å². The molecule has 1 aromatic heterocycles. The summed E-state index contributed by atoms with van der Waals surface area (Å²) in [6.07, 6.45) is 1.93. The van der Waals surface area contributed by atoms with Crippen LogP contribution < -0.4 is 10.3 Å². The molecule has 6 heteroatoms. The largest absolute Gasteiger partial charge is 0.492 e. The first-order valence-electron chi connectivity index (χ1n) is 9.86. The minimum absolute atomic E-state index is 0.00898. The molecule has 2 aromatic rings. The first-order valence-corrected chi connectivity index (χ1v) is 9.86. The Labute approximate surface area is 165 Å². The van der Waals surface area contributed by atoms with Crippen LogP contribution in [0.5, 0.6) is 5.75 Å². The maximum absolute atomic E-state index is 13.1. The van der Waals surface area contributed by atoms with Gasteiger partial charge in [-0.25, -0.2) is 0 Å². The summed E-state index contributed by atoms with van der Waals surface area (Å²) in [6, 6.07) is 12.9. The van der Waals surface area contributed by atoms with E-state index in [0.717, 1.165) is 30.9 Å². The molecule has 6 nitrogen and oxygen atoms in total. The van der Waals surface area contributed by atoms with Gasteiger partial charge in [0.05, 0.1) is 12.6 Å². The third kappa shape index (κ3) is 5.23. The van der Waals surface area contributed by atoms with Gasteiger partial charge in [-0.15, -0.1) is 0 Å². The molecule has 1 saturated heterocycles. The average Bonchev–Trinajstić information content (AvgIpc) is 3.20. The van der Waals surface area contributed by atoms with Crippen LogP contribution in [0.3, 0.4) is 0 Å². The molecule has 28 heavy (non-hydrogen) atoms. The number of carbonyl (C=O) groups excluding carboxylic acids is 1. The molecule has 0 saturated carbocycles. The van der Waals surface area contributed by atoms with Crippen molar-refractivity contribution in [2.45, 2.75) is 38.7 Å². The molecular weight excluding hydrogens is 356 g/mol. The molecule has 0 aliphatic carbocycles. The third-order valence-electron chi connectivity index (χ3n) is 4.89. The van der Waals surface area contributed by atoms with E-state index >= 15 is 0 Å². The lowest BCUT2D eigenvalue weighted by molar-refractivity contribution is 0.0492. The number of hydrogen-bond donors (Lipinski definition) is 1. The first-order chi connectivity index (χ1) is 13.5. The standard InChI is InChI=1S/C22H28N2O4/c1-16(2)20-11-10-19(21(25)23-20)22(26)24(15-18-9-6-13-27-18)12-14-28-17-7-4-3-5-8-17/h3-5,7-8,10-11,16,18H,6,9,12-15H2,1-2H3,(H,23,25)/t18-/m1/s1. The summed E-state index contributed by atoms with van der Waals surface area (Å²) < 4.78 is 11.4. The number of ether oxygens (including phenoxy) is 2. The van der Waals surface area contributed by atoms with E-state index in [1.807, 2.05) is 50.2 Å². The maximum Gasteiger partial charge on any atom is 0.261 e. The van der Waals surface area contributed by atoms with E-state index in [1.54, 1.807) is 11.0 Å².